The Kier molecular flexibility index (Phi) is 7.28. The number of ether oxygens (including phenoxy) is 2. The van der Waals surface area contributed by atoms with Crippen molar-refractivity contribution in [3.63, 3.8) is 0 Å². The van der Waals surface area contributed by atoms with Gasteiger partial charge in [0.05, 0.1) is 11.7 Å². The highest BCUT2D eigenvalue weighted by Gasteiger charge is 2.42. The van der Waals surface area contributed by atoms with Crippen molar-refractivity contribution >= 4 is 17.2 Å². The molecule has 11 heteroatoms. The van der Waals surface area contributed by atoms with Crippen molar-refractivity contribution in [3.05, 3.63) is 59.8 Å². The average molecular weight is 471 g/mol. The van der Waals surface area contributed by atoms with E-state index in [9.17, 15) is 19.6 Å². The summed E-state index contributed by atoms with van der Waals surface area (Å²) in [6.07, 6.45) is 0.376. The fourth-order valence-corrected chi connectivity index (χ4v) is 3.41. The van der Waals surface area contributed by atoms with Crippen molar-refractivity contribution in [2.24, 2.45) is 5.73 Å². The van der Waals surface area contributed by atoms with Gasteiger partial charge in [0.2, 0.25) is 11.5 Å². The summed E-state index contributed by atoms with van der Waals surface area (Å²) in [7, 11) is 1.45. The van der Waals surface area contributed by atoms with Gasteiger partial charge in [-0.2, -0.15) is 10.4 Å². The third kappa shape index (κ3) is 5.21. The molecule has 180 valence electrons. The van der Waals surface area contributed by atoms with Crippen molar-refractivity contribution in [1.29, 1.82) is 5.26 Å². The first-order chi connectivity index (χ1) is 16.0. The summed E-state index contributed by atoms with van der Waals surface area (Å²) in [5.74, 6) is -1.79. The maximum absolute atomic E-state index is 13.1. The lowest BCUT2D eigenvalue weighted by atomic mass is 9.95. The number of amides is 1. The molecule has 2 heterocycles. The van der Waals surface area contributed by atoms with Crippen LogP contribution in [0.3, 0.4) is 0 Å². The zero-order chi connectivity index (χ0) is 25.1. The van der Waals surface area contributed by atoms with Gasteiger partial charge in [-0.1, -0.05) is 12.1 Å². The van der Waals surface area contributed by atoms with Crippen LogP contribution in [0.2, 0.25) is 0 Å². The van der Waals surface area contributed by atoms with Gasteiger partial charge in [0.15, 0.2) is 11.6 Å². The molecule has 0 aliphatic carbocycles. The highest BCUT2D eigenvalue weighted by molar-refractivity contribution is 5.97. The summed E-state index contributed by atoms with van der Waals surface area (Å²) in [6, 6.07) is 9.74. The first kappa shape index (κ1) is 25.2. The van der Waals surface area contributed by atoms with Gasteiger partial charge >= 0.3 is 0 Å². The Balaban J connectivity index is 1.85. The monoisotopic (exact) mass is 470 g/mol. The second-order valence-corrected chi connectivity index (χ2v) is 8.29. The molecule has 0 saturated carbocycles. The van der Waals surface area contributed by atoms with Crippen LogP contribution in [-0.2, 0) is 26.3 Å². The molecule has 0 radical (unpaired) electrons. The first-order valence-electron chi connectivity index (χ1n) is 10.5. The second-order valence-electron chi connectivity index (χ2n) is 8.29. The lowest BCUT2D eigenvalue weighted by molar-refractivity contribution is -0.248. The van der Waals surface area contributed by atoms with Crippen LogP contribution in [0.25, 0.3) is 5.52 Å². The summed E-state index contributed by atoms with van der Waals surface area (Å²) in [6.45, 7) is 4.85. The largest absolute Gasteiger partial charge is 0.368 e. The molecule has 1 unspecified atom stereocenters. The Morgan fingerprint density at radius 3 is 2.62 bits per heavy atom. The van der Waals surface area contributed by atoms with Crippen LogP contribution in [-0.4, -0.2) is 50.7 Å². The molecule has 3 atom stereocenters. The minimum Gasteiger partial charge on any atom is -0.368 e. The number of benzene rings is 1. The topological polar surface area (TPSA) is 148 Å². The van der Waals surface area contributed by atoms with Crippen molar-refractivity contribution in [1.82, 2.24) is 14.6 Å². The van der Waals surface area contributed by atoms with Crippen molar-refractivity contribution < 1.29 is 23.8 Å². The summed E-state index contributed by atoms with van der Waals surface area (Å²) in [4.78, 5) is 16.8. The van der Waals surface area contributed by atoms with Crippen LogP contribution in [0.4, 0.5) is 10.2 Å². The molecule has 4 N–H and O–H groups in total. The number of hydrogen-bond acceptors (Lipinski definition) is 8. The number of halogens is 1. The van der Waals surface area contributed by atoms with Crippen LogP contribution in [0.5, 0.6) is 0 Å². The summed E-state index contributed by atoms with van der Waals surface area (Å²) < 4.78 is 25.4. The van der Waals surface area contributed by atoms with Crippen molar-refractivity contribution in [3.8, 4) is 6.07 Å². The number of fused-ring (bicyclic) bond motifs is 1. The molecule has 1 amide bonds. The normalized spacial score (nSPS) is 15.4. The van der Waals surface area contributed by atoms with Crippen molar-refractivity contribution in [2.75, 3.05) is 12.4 Å². The number of aliphatic hydroxyl groups is 1. The van der Waals surface area contributed by atoms with E-state index in [2.05, 4.69) is 15.4 Å². The van der Waals surface area contributed by atoms with E-state index >= 15 is 0 Å². The number of nitrogens with two attached hydrogens (primary N) is 1. The number of rotatable bonds is 9. The summed E-state index contributed by atoms with van der Waals surface area (Å²) in [5.41, 5.74) is 5.10. The molecule has 1 aromatic carbocycles. The van der Waals surface area contributed by atoms with Crippen LogP contribution in [0, 0.1) is 17.1 Å². The van der Waals surface area contributed by atoms with E-state index in [-0.39, 0.29) is 23.7 Å². The molecule has 0 saturated heterocycles. The third-order valence-electron chi connectivity index (χ3n) is 5.50. The minimum atomic E-state index is -2.09. The summed E-state index contributed by atoms with van der Waals surface area (Å²) >= 11 is 0. The highest BCUT2D eigenvalue weighted by Crippen LogP contribution is 2.31. The van der Waals surface area contributed by atoms with E-state index in [1.54, 1.807) is 39.0 Å². The lowest BCUT2D eigenvalue weighted by Gasteiger charge is -2.33. The molecule has 2 aromatic heterocycles. The standard InChI is InChI=1S/C23H27FN6O4/c1-14(34-22(2,3)33-4)23(32,12-25)19-10-9-18-20(27-13-28-30(18)19)29-21(31)17(26)11-15-5-7-16(24)8-6-15/h5-10,13-14,17,32H,11,26H2,1-4H3,(H,27,28,29,31)/t14?,17-,23+/m0/s1. The Morgan fingerprint density at radius 2 is 2.00 bits per heavy atom. The van der Waals surface area contributed by atoms with Crippen LogP contribution >= 0.6 is 0 Å². The number of nitrogens with one attached hydrogen (secondary N) is 1. The summed E-state index contributed by atoms with van der Waals surface area (Å²) in [5, 5.41) is 27.8. The Labute approximate surface area is 196 Å². The average Bonchev–Trinajstić information content (AvgIpc) is 3.25. The van der Waals surface area contributed by atoms with E-state index in [0.29, 0.717) is 11.1 Å². The molecule has 3 aromatic rings. The van der Waals surface area contributed by atoms with Gasteiger partial charge in [0.1, 0.15) is 29.8 Å². The van der Waals surface area contributed by atoms with Gasteiger partial charge < -0.3 is 25.6 Å². The molecule has 0 spiro atoms. The molecule has 0 aliphatic rings. The number of nitrogens with zero attached hydrogens (tertiary/aromatic N) is 4. The van der Waals surface area contributed by atoms with Gasteiger partial charge in [0.25, 0.3) is 0 Å². The van der Waals surface area contributed by atoms with Gasteiger partial charge in [-0.15, -0.1) is 0 Å². The molecular formula is C23H27FN6O4. The fraction of sp³-hybridized carbons (Fsp3) is 0.391. The SMILES string of the molecule is COC(C)(C)OC(C)[C@](O)(C#N)c1ccc2c(NC(=O)[C@@H](N)Cc3ccc(F)cc3)ncnn12. The highest BCUT2D eigenvalue weighted by atomic mass is 19.1. The zero-order valence-electron chi connectivity index (χ0n) is 19.3. The number of anilines is 1. The predicted octanol–water partition coefficient (Wildman–Crippen LogP) is 1.88. The molecule has 0 bridgehead atoms. The first-order valence-corrected chi connectivity index (χ1v) is 10.5. The molecule has 10 nitrogen and oxygen atoms in total. The van der Waals surface area contributed by atoms with E-state index in [1.807, 2.05) is 6.07 Å². The lowest BCUT2D eigenvalue weighted by Crippen LogP contribution is -2.44. The number of carbonyl (C=O) groups is 1. The number of hydrogen-bond donors (Lipinski definition) is 3. The quantitative estimate of drug-likeness (QED) is 0.317. The van der Waals surface area contributed by atoms with Crippen LogP contribution in [0.1, 0.15) is 32.0 Å². The van der Waals surface area contributed by atoms with Gasteiger partial charge in [-0.3, -0.25) is 4.79 Å². The van der Waals surface area contributed by atoms with Crippen LogP contribution in [0.15, 0.2) is 42.7 Å². The van der Waals surface area contributed by atoms with E-state index in [4.69, 9.17) is 15.2 Å². The molecule has 0 fully saturated rings. The zero-order valence-corrected chi connectivity index (χ0v) is 19.3. The number of aromatic nitrogens is 3. The van der Waals surface area contributed by atoms with Crippen molar-refractivity contribution in [2.45, 2.75) is 50.7 Å². The second kappa shape index (κ2) is 9.82. The van der Waals surface area contributed by atoms with Gasteiger partial charge in [-0.05, 0) is 57.0 Å². The van der Waals surface area contributed by atoms with Gasteiger partial charge in [0, 0.05) is 7.11 Å². The predicted molar refractivity (Wildman–Crippen MR) is 121 cm³/mol. The van der Waals surface area contributed by atoms with E-state index < -0.39 is 29.4 Å². The maximum Gasteiger partial charge on any atom is 0.242 e. The Morgan fingerprint density at radius 1 is 1.32 bits per heavy atom. The minimum absolute atomic E-state index is 0.123. The Bertz CT molecular complexity index is 1210. The third-order valence-corrected chi connectivity index (χ3v) is 5.50. The van der Waals surface area contributed by atoms with Gasteiger partial charge in [-0.25, -0.2) is 13.9 Å². The number of methoxy groups -OCH3 is 1. The molecule has 34 heavy (non-hydrogen) atoms. The molecule has 0 aliphatic heterocycles. The molecule has 3 rings (SSSR count). The number of carbonyl (C=O) groups excluding carboxylic acids is 1. The smallest absolute Gasteiger partial charge is 0.242 e. The van der Waals surface area contributed by atoms with Crippen LogP contribution < -0.4 is 11.1 Å². The maximum atomic E-state index is 13.1. The fourth-order valence-electron chi connectivity index (χ4n) is 3.41. The molecular weight excluding hydrogens is 443 g/mol. The van der Waals surface area contributed by atoms with E-state index in [1.165, 1.54) is 36.2 Å². The van der Waals surface area contributed by atoms with E-state index in [0.717, 1.165) is 0 Å². The Hall–Kier alpha value is -3.43. The number of nitriles is 1.